The minimum absolute atomic E-state index is 0.00371. The summed E-state index contributed by atoms with van der Waals surface area (Å²) in [5, 5.41) is 10.4. The minimum Gasteiger partial charge on any atom is -0.493 e. The lowest BCUT2D eigenvalue weighted by molar-refractivity contribution is -0.145. The third kappa shape index (κ3) is 4.42. The molecule has 0 saturated heterocycles. The molecule has 9 nitrogen and oxygen atoms in total. The molecule has 0 unspecified atom stereocenters. The van der Waals surface area contributed by atoms with Crippen molar-refractivity contribution >= 4 is 23.5 Å². The fourth-order valence-corrected chi connectivity index (χ4v) is 2.33. The highest BCUT2D eigenvalue weighted by atomic mass is 35.5. The monoisotopic (exact) mass is 383 g/mol. The van der Waals surface area contributed by atoms with E-state index in [9.17, 15) is 9.59 Å². The van der Waals surface area contributed by atoms with Gasteiger partial charge in [0.15, 0.2) is 23.8 Å². The van der Waals surface area contributed by atoms with Gasteiger partial charge in [-0.1, -0.05) is 11.6 Å². The third-order valence-electron chi connectivity index (χ3n) is 3.18. The van der Waals surface area contributed by atoms with Crippen LogP contribution < -0.4 is 9.47 Å². The second-order valence-corrected chi connectivity index (χ2v) is 5.23. The normalized spacial score (nSPS) is 10.3. The SMILES string of the molecule is CCOC(=O)COc1cc(Cl)c(-c2n[nH]nc2C(=O)OCC)cc1OC. The van der Waals surface area contributed by atoms with Crippen molar-refractivity contribution in [2.45, 2.75) is 13.8 Å². The highest BCUT2D eigenvalue weighted by molar-refractivity contribution is 6.33. The zero-order chi connectivity index (χ0) is 19.1. The summed E-state index contributed by atoms with van der Waals surface area (Å²) in [7, 11) is 1.43. The van der Waals surface area contributed by atoms with Gasteiger partial charge in [0.1, 0.15) is 5.69 Å². The first-order valence-electron chi connectivity index (χ1n) is 7.75. The largest absolute Gasteiger partial charge is 0.493 e. The van der Waals surface area contributed by atoms with E-state index in [1.807, 2.05) is 0 Å². The summed E-state index contributed by atoms with van der Waals surface area (Å²) < 4.78 is 20.4. The Kier molecular flexibility index (Phi) is 6.79. The molecule has 2 rings (SSSR count). The predicted molar refractivity (Wildman–Crippen MR) is 91.5 cm³/mol. The molecule has 26 heavy (non-hydrogen) atoms. The van der Waals surface area contributed by atoms with Gasteiger partial charge in [0.2, 0.25) is 0 Å². The predicted octanol–water partition coefficient (Wildman–Crippen LogP) is 2.25. The van der Waals surface area contributed by atoms with E-state index in [2.05, 4.69) is 15.4 Å². The zero-order valence-electron chi connectivity index (χ0n) is 14.5. The molecular formula is C16H18ClN3O6. The smallest absolute Gasteiger partial charge is 0.361 e. The Morgan fingerprint density at radius 2 is 1.85 bits per heavy atom. The Bertz CT molecular complexity index is 792. The van der Waals surface area contributed by atoms with Gasteiger partial charge in [-0.05, 0) is 19.9 Å². The second-order valence-electron chi connectivity index (χ2n) is 4.82. The highest BCUT2D eigenvalue weighted by Crippen LogP contribution is 2.38. The number of carbonyl (C=O) groups is 2. The van der Waals surface area contributed by atoms with Crippen LogP contribution in [0.2, 0.25) is 5.02 Å². The number of nitrogens with zero attached hydrogens (tertiary/aromatic N) is 2. The van der Waals surface area contributed by atoms with Crippen LogP contribution in [0.3, 0.4) is 0 Å². The van der Waals surface area contributed by atoms with Crippen LogP contribution in [0.15, 0.2) is 12.1 Å². The van der Waals surface area contributed by atoms with Gasteiger partial charge >= 0.3 is 11.9 Å². The Morgan fingerprint density at radius 3 is 2.50 bits per heavy atom. The maximum absolute atomic E-state index is 12.0. The lowest BCUT2D eigenvalue weighted by Crippen LogP contribution is -2.15. The number of methoxy groups -OCH3 is 1. The first-order chi connectivity index (χ1) is 12.5. The number of aromatic nitrogens is 3. The van der Waals surface area contributed by atoms with Crippen LogP contribution in [0, 0.1) is 0 Å². The molecule has 140 valence electrons. The topological polar surface area (TPSA) is 113 Å². The standard InChI is InChI=1S/C16H18ClN3O6/c1-4-24-13(21)8-26-12-7-10(17)9(6-11(12)23-3)14-15(19-20-18-14)16(22)25-5-2/h6-7H,4-5,8H2,1-3H3,(H,18,19,20). The van der Waals surface area contributed by atoms with E-state index in [1.54, 1.807) is 13.8 Å². The van der Waals surface area contributed by atoms with Crippen LogP contribution in [-0.2, 0) is 14.3 Å². The molecule has 0 radical (unpaired) electrons. The number of nitrogens with one attached hydrogen (secondary N) is 1. The Labute approximate surface area is 154 Å². The second kappa shape index (κ2) is 9.04. The average Bonchev–Trinajstić information content (AvgIpc) is 3.10. The van der Waals surface area contributed by atoms with Gasteiger partial charge in [-0.15, -0.1) is 5.10 Å². The molecule has 0 atom stereocenters. The minimum atomic E-state index is -0.631. The van der Waals surface area contributed by atoms with Crippen molar-refractivity contribution < 1.29 is 28.5 Å². The summed E-state index contributed by atoms with van der Waals surface area (Å²) >= 11 is 6.29. The molecule has 0 aliphatic carbocycles. The molecule has 1 aromatic heterocycles. The molecule has 0 aliphatic rings. The van der Waals surface area contributed by atoms with Gasteiger partial charge in [-0.2, -0.15) is 10.3 Å². The maximum Gasteiger partial charge on any atom is 0.361 e. The summed E-state index contributed by atoms with van der Waals surface area (Å²) in [4.78, 5) is 23.4. The van der Waals surface area contributed by atoms with Crippen molar-refractivity contribution in [3.63, 3.8) is 0 Å². The van der Waals surface area contributed by atoms with Gasteiger partial charge in [0, 0.05) is 11.6 Å². The van der Waals surface area contributed by atoms with Crippen molar-refractivity contribution in [2.24, 2.45) is 0 Å². The van der Waals surface area contributed by atoms with Crippen molar-refractivity contribution in [2.75, 3.05) is 26.9 Å². The number of hydrogen-bond donors (Lipinski definition) is 1. The summed E-state index contributed by atoms with van der Waals surface area (Å²) in [6.45, 7) is 3.54. The van der Waals surface area contributed by atoms with E-state index in [4.69, 9.17) is 30.5 Å². The van der Waals surface area contributed by atoms with Gasteiger partial charge in [-0.25, -0.2) is 9.59 Å². The number of aromatic amines is 1. The van der Waals surface area contributed by atoms with E-state index in [1.165, 1.54) is 19.2 Å². The van der Waals surface area contributed by atoms with E-state index in [0.717, 1.165) is 0 Å². The molecular weight excluding hydrogens is 366 g/mol. The fourth-order valence-electron chi connectivity index (χ4n) is 2.09. The van der Waals surface area contributed by atoms with E-state index < -0.39 is 11.9 Å². The Morgan fingerprint density at radius 1 is 1.12 bits per heavy atom. The van der Waals surface area contributed by atoms with Crippen LogP contribution in [0.5, 0.6) is 11.5 Å². The first-order valence-corrected chi connectivity index (χ1v) is 8.13. The lowest BCUT2D eigenvalue weighted by Gasteiger charge is -2.13. The van der Waals surface area contributed by atoms with Crippen molar-refractivity contribution in [3.8, 4) is 22.8 Å². The number of rotatable bonds is 8. The van der Waals surface area contributed by atoms with Crippen LogP contribution in [0.4, 0.5) is 0 Å². The third-order valence-corrected chi connectivity index (χ3v) is 3.49. The van der Waals surface area contributed by atoms with E-state index >= 15 is 0 Å². The molecule has 0 aliphatic heterocycles. The van der Waals surface area contributed by atoms with Crippen molar-refractivity contribution in [1.29, 1.82) is 0 Å². The Hall–Kier alpha value is -2.81. The number of H-pyrrole nitrogens is 1. The van der Waals surface area contributed by atoms with Gasteiger partial charge in [0.05, 0.1) is 25.3 Å². The highest BCUT2D eigenvalue weighted by Gasteiger charge is 2.23. The van der Waals surface area contributed by atoms with Crippen molar-refractivity contribution in [3.05, 3.63) is 22.8 Å². The van der Waals surface area contributed by atoms with Gasteiger partial charge in [-0.3, -0.25) is 0 Å². The van der Waals surface area contributed by atoms with Gasteiger partial charge < -0.3 is 18.9 Å². The molecule has 0 bridgehead atoms. The molecule has 0 saturated carbocycles. The Balaban J connectivity index is 2.34. The number of halogens is 1. The average molecular weight is 384 g/mol. The lowest BCUT2D eigenvalue weighted by atomic mass is 10.1. The van der Waals surface area contributed by atoms with Crippen LogP contribution in [-0.4, -0.2) is 54.3 Å². The number of carbonyl (C=O) groups excluding carboxylic acids is 2. The molecule has 1 heterocycles. The molecule has 0 spiro atoms. The molecule has 0 fully saturated rings. The zero-order valence-corrected chi connectivity index (χ0v) is 15.3. The summed E-state index contributed by atoms with van der Waals surface area (Å²) in [5.41, 5.74) is 0.600. The summed E-state index contributed by atoms with van der Waals surface area (Å²) in [5.74, 6) is -0.605. The van der Waals surface area contributed by atoms with E-state index in [0.29, 0.717) is 11.3 Å². The first kappa shape index (κ1) is 19.5. The molecule has 1 aromatic carbocycles. The van der Waals surface area contributed by atoms with Crippen LogP contribution in [0.1, 0.15) is 24.3 Å². The number of ether oxygens (including phenoxy) is 4. The van der Waals surface area contributed by atoms with Crippen molar-refractivity contribution in [1.82, 2.24) is 15.4 Å². The quantitative estimate of drug-likeness (QED) is 0.690. The number of hydrogen-bond acceptors (Lipinski definition) is 8. The van der Waals surface area contributed by atoms with Crippen LogP contribution >= 0.6 is 11.6 Å². The van der Waals surface area contributed by atoms with Gasteiger partial charge in [0.25, 0.3) is 0 Å². The summed E-state index contributed by atoms with van der Waals surface area (Å²) in [6.07, 6.45) is 0. The number of benzene rings is 1. The van der Waals surface area contributed by atoms with E-state index in [-0.39, 0.29) is 42.0 Å². The number of esters is 2. The summed E-state index contributed by atoms with van der Waals surface area (Å²) in [6, 6.07) is 2.99. The fraction of sp³-hybridized carbons (Fsp3) is 0.375. The molecule has 0 amide bonds. The molecule has 10 heteroatoms. The molecule has 2 aromatic rings. The maximum atomic E-state index is 12.0. The van der Waals surface area contributed by atoms with Crippen LogP contribution in [0.25, 0.3) is 11.3 Å². The molecule has 1 N–H and O–H groups in total.